The van der Waals surface area contributed by atoms with E-state index in [1.54, 1.807) is 0 Å². The van der Waals surface area contributed by atoms with Crippen LogP contribution in [0, 0.1) is 11.8 Å². The summed E-state index contributed by atoms with van der Waals surface area (Å²) in [7, 11) is -2.75. The molecule has 0 aromatic heterocycles. The Labute approximate surface area is 91.0 Å². The van der Waals surface area contributed by atoms with E-state index in [2.05, 4.69) is 5.32 Å². The average molecular weight is 233 g/mol. The molecule has 0 aromatic rings. The van der Waals surface area contributed by atoms with Crippen LogP contribution in [0.15, 0.2) is 0 Å². The largest absolute Gasteiger partial charge is 0.395 e. The van der Waals surface area contributed by atoms with Crippen molar-refractivity contribution >= 4 is 9.84 Å². The number of nitrogens with one attached hydrogen (secondary N) is 1. The Hall–Kier alpha value is -0.130. The Kier molecular flexibility index (Phi) is 3.33. The Bertz CT molecular complexity index is 315. The van der Waals surface area contributed by atoms with Crippen LogP contribution in [0.2, 0.25) is 0 Å². The maximum Gasteiger partial charge on any atom is 0.150 e. The van der Waals surface area contributed by atoms with Gasteiger partial charge in [0.2, 0.25) is 0 Å². The smallest absolute Gasteiger partial charge is 0.150 e. The monoisotopic (exact) mass is 233 g/mol. The fraction of sp³-hybridized carbons (Fsp3) is 1.00. The number of piperidine rings is 1. The van der Waals surface area contributed by atoms with E-state index in [0.717, 1.165) is 25.8 Å². The third-order valence-corrected chi connectivity index (χ3v) is 5.48. The number of rotatable bonds is 2. The topological polar surface area (TPSA) is 66.4 Å². The van der Waals surface area contributed by atoms with Gasteiger partial charge in [0.1, 0.15) is 0 Å². The Balaban J connectivity index is 1.94. The molecule has 0 saturated carbocycles. The van der Waals surface area contributed by atoms with Crippen LogP contribution in [-0.2, 0) is 9.84 Å². The number of hydrogen-bond acceptors (Lipinski definition) is 4. The summed E-state index contributed by atoms with van der Waals surface area (Å²) in [5.41, 5.74) is 0. The highest BCUT2D eigenvalue weighted by atomic mass is 32.2. The lowest BCUT2D eigenvalue weighted by molar-refractivity contribution is 0.168. The summed E-state index contributed by atoms with van der Waals surface area (Å²) in [5, 5.41) is 12.3. The van der Waals surface area contributed by atoms with E-state index in [9.17, 15) is 8.42 Å². The highest BCUT2D eigenvalue weighted by molar-refractivity contribution is 7.91. The van der Waals surface area contributed by atoms with Gasteiger partial charge < -0.3 is 10.4 Å². The third kappa shape index (κ3) is 2.71. The molecule has 2 heterocycles. The normalized spacial score (nSPS) is 40.5. The Morgan fingerprint density at radius 3 is 2.67 bits per heavy atom. The fourth-order valence-corrected chi connectivity index (χ4v) is 4.72. The summed E-state index contributed by atoms with van der Waals surface area (Å²) in [4.78, 5) is 0. The van der Waals surface area contributed by atoms with E-state index in [4.69, 9.17) is 5.11 Å². The van der Waals surface area contributed by atoms with Crippen LogP contribution in [0.3, 0.4) is 0 Å². The van der Waals surface area contributed by atoms with Gasteiger partial charge in [0.05, 0.1) is 18.1 Å². The number of sulfone groups is 1. The Morgan fingerprint density at radius 1 is 1.27 bits per heavy atom. The molecule has 0 aliphatic carbocycles. The molecule has 3 atom stereocenters. The second-order valence-electron chi connectivity index (χ2n) is 4.78. The van der Waals surface area contributed by atoms with Crippen LogP contribution < -0.4 is 5.32 Å². The highest BCUT2D eigenvalue weighted by Gasteiger charge is 2.35. The van der Waals surface area contributed by atoms with E-state index < -0.39 is 9.84 Å². The minimum atomic E-state index is -2.75. The van der Waals surface area contributed by atoms with Crippen LogP contribution in [0.4, 0.5) is 0 Å². The molecule has 3 unspecified atom stereocenters. The maximum atomic E-state index is 11.4. The highest BCUT2D eigenvalue weighted by Crippen LogP contribution is 2.32. The van der Waals surface area contributed by atoms with Crippen LogP contribution in [0.5, 0.6) is 0 Å². The molecule has 88 valence electrons. The van der Waals surface area contributed by atoms with Gasteiger partial charge in [-0.05, 0) is 37.6 Å². The van der Waals surface area contributed by atoms with Crippen molar-refractivity contribution in [3.63, 3.8) is 0 Å². The van der Waals surface area contributed by atoms with Gasteiger partial charge in [-0.2, -0.15) is 0 Å². The molecule has 0 amide bonds. The van der Waals surface area contributed by atoms with Crippen molar-refractivity contribution in [3.8, 4) is 0 Å². The first kappa shape index (κ1) is 11.4. The maximum absolute atomic E-state index is 11.4. The SMILES string of the molecule is O=S1(=O)CCC(C2CCNC(CO)C2)C1. The second-order valence-corrected chi connectivity index (χ2v) is 7.01. The summed E-state index contributed by atoms with van der Waals surface area (Å²) >= 11 is 0. The van der Waals surface area contributed by atoms with Crippen LogP contribution >= 0.6 is 0 Å². The van der Waals surface area contributed by atoms with Gasteiger partial charge in [0, 0.05) is 6.04 Å². The summed E-state index contributed by atoms with van der Waals surface area (Å²) < 4.78 is 22.7. The zero-order chi connectivity index (χ0) is 10.9. The van der Waals surface area contributed by atoms with E-state index in [-0.39, 0.29) is 12.6 Å². The van der Waals surface area contributed by atoms with Crippen molar-refractivity contribution in [2.75, 3.05) is 24.7 Å². The molecule has 2 saturated heterocycles. The molecule has 2 rings (SSSR count). The van der Waals surface area contributed by atoms with E-state index in [0.29, 0.717) is 23.3 Å². The summed E-state index contributed by atoms with van der Waals surface area (Å²) in [6.45, 7) is 1.07. The summed E-state index contributed by atoms with van der Waals surface area (Å²) in [6, 6.07) is 0.173. The first-order valence-corrected chi connectivity index (χ1v) is 7.47. The van der Waals surface area contributed by atoms with Gasteiger partial charge in [-0.1, -0.05) is 0 Å². The number of aliphatic hydroxyl groups is 1. The third-order valence-electron chi connectivity index (χ3n) is 3.69. The molecule has 2 aliphatic heterocycles. The molecule has 2 N–H and O–H groups in total. The predicted octanol–water partition coefficient (Wildman–Crippen LogP) is -0.218. The van der Waals surface area contributed by atoms with Crippen molar-refractivity contribution in [2.45, 2.75) is 25.3 Å². The molecule has 2 fully saturated rings. The van der Waals surface area contributed by atoms with E-state index in [1.165, 1.54) is 0 Å². The predicted molar refractivity (Wildman–Crippen MR) is 58.4 cm³/mol. The summed E-state index contributed by atoms with van der Waals surface area (Å²) in [6.07, 6.45) is 2.80. The minimum Gasteiger partial charge on any atom is -0.395 e. The molecule has 0 bridgehead atoms. The lowest BCUT2D eigenvalue weighted by Crippen LogP contribution is -2.42. The molecular weight excluding hydrogens is 214 g/mol. The first-order chi connectivity index (χ1) is 7.11. The van der Waals surface area contributed by atoms with E-state index in [1.807, 2.05) is 0 Å². The Morgan fingerprint density at radius 2 is 2.07 bits per heavy atom. The minimum absolute atomic E-state index is 0.163. The van der Waals surface area contributed by atoms with E-state index >= 15 is 0 Å². The van der Waals surface area contributed by atoms with Crippen molar-refractivity contribution < 1.29 is 13.5 Å². The molecular formula is C10H19NO3S. The van der Waals surface area contributed by atoms with Crippen molar-refractivity contribution in [3.05, 3.63) is 0 Å². The quantitative estimate of drug-likeness (QED) is 0.692. The standard InChI is InChI=1S/C10H19NO3S/c12-6-10-5-8(1-3-11-10)9-2-4-15(13,14)7-9/h8-12H,1-7H2. The molecule has 0 spiro atoms. The molecule has 5 heteroatoms. The molecule has 0 radical (unpaired) electrons. The van der Waals surface area contributed by atoms with Gasteiger partial charge in [-0.15, -0.1) is 0 Å². The summed E-state index contributed by atoms with van der Waals surface area (Å²) in [5.74, 6) is 1.56. The molecule has 2 aliphatic rings. The van der Waals surface area contributed by atoms with Gasteiger partial charge in [0.25, 0.3) is 0 Å². The average Bonchev–Trinajstić information content (AvgIpc) is 2.59. The molecule has 4 nitrogen and oxygen atoms in total. The number of aliphatic hydroxyl groups excluding tert-OH is 1. The van der Waals surface area contributed by atoms with Crippen molar-refractivity contribution in [1.29, 1.82) is 0 Å². The second kappa shape index (κ2) is 4.39. The van der Waals surface area contributed by atoms with Crippen molar-refractivity contribution in [2.24, 2.45) is 11.8 Å². The van der Waals surface area contributed by atoms with Gasteiger partial charge >= 0.3 is 0 Å². The van der Waals surface area contributed by atoms with Gasteiger partial charge in [0.15, 0.2) is 9.84 Å². The van der Waals surface area contributed by atoms with Gasteiger partial charge in [-0.25, -0.2) is 8.42 Å². The first-order valence-electron chi connectivity index (χ1n) is 5.65. The van der Waals surface area contributed by atoms with Crippen LogP contribution in [0.1, 0.15) is 19.3 Å². The van der Waals surface area contributed by atoms with Crippen LogP contribution in [0.25, 0.3) is 0 Å². The zero-order valence-corrected chi connectivity index (χ0v) is 9.67. The van der Waals surface area contributed by atoms with Crippen LogP contribution in [-0.4, -0.2) is 44.2 Å². The lowest BCUT2D eigenvalue weighted by atomic mass is 9.82. The van der Waals surface area contributed by atoms with Gasteiger partial charge in [-0.3, -0.25) is 0 Å². The number of hydrogen-bond donors (Lipinski definition) is 2. The fourth-order valence-electron chi connectivity index (χ4n) is 2.80. The lowest BCUT2D eigenvalue weighted by Gasteiger charge is -2.32. The molecule has 0 aromatic carbocycles. The molecule has 15 heavy (non-hydrogen) atoms. The van der Waals surface area contributed by atoms with Crippen molar-refractivity contribution in [1.82, 2.24) is 5.32 Å². The zero-order valence-electron chi connectivity index (χ0n) is 8.85.